The predicted octanol–water partition coefficient (Wildman–Crippen LogP) is 5.35. The highest BCUT2D eigenvalue weighted by Gasteiger charge is 2.40. The summed E-state index contributed by atoms with van der Waals surface area (Å²) in [7, 11) is 1.70. The van der Waals surface area contributed by atoms with E-state index < -0.39 is 11.8 Å². The second kappa shape index (κ2) is 11.3. The van der Waals surface area contributed by atoms with E-state index in [-0.39, 0.29) is 48.5 Å². The number of anilines is 2. The Labute approximate surface area is 259 Å². The van der Waals surface area contributed by atoms with Gasteiger partial charge in [0.2, 0.25) is 0 Å². The summed E-state index contributed by atoms with van der Waals surface area (Å²) >= 11 is 6.63. The quantitative estimate of drug-likeness (QED) is 0.394. The number of para-hydroxylation sites is 1. The maximum atomic E-state index is 15.6. The average molecular weight is 622 g/mol. The standard InChI is InChI=1S/C33H33ClFN3O6/c1-18-8-25(27(34)11-29(18)36-13-22(14-36)42-2)32(39)37-12-19-4-3-5-23(31(19)44-17-37)24-10-30(26(33(40)41)9-28(24)35)38-20-6-7-21(38)16-43-15-20/h3-5,8-11,20-22H,6-7,12-17H2,1-2H3,(H,40,41). The summed E-state index contributed by atoms with van der Waals surface area (Å²) in [6.07, 6.45) is 1.97. The van der Waals surface area contributed by atoms with Crippen LogP contribution in [0.3, 0.4) is 0 Å². The summed E-state index contributed by atoms with van der Waals surface area (Å²) in [5.41, 5.74) is 4.20. The molecule has 4 aliphatic rings. The van der Waals surface area contributed by atoms with Crippen LogP contribution in [0.15, 0.2) is 42.5 Å². The molecule has 9 nitrogen and oxygen atoms in total. The summed E-state index contributed by atoms with van der Waals surface area (Å²) in [5.74, 6) is -1.62. The maximum Gasteiger partial charge on any atom is 0.337 e. The number of carboxylic acids is 1. The number of fused-ring (bicyclic) bond motifs is 3. The lowest BCUT2D eigenvalue weighted by Gasteiger charge is -2.41. The van der Waals surface area contributed by atoms with E-state index in [1.165, 1.54) is 0 Å². The van der Waals surface area contributed by atoms with E-state index in [1.807, 2.05) is 25.1 Å². The molecule has 4 aliphatic heterocycles. The average Bonchev–Trinajstić information content (AvgIpc) is 3.24. The van der Waals surface area contributed by atoms with Crippen LogP contribution in [0.4, 0.5) is 15.8 Å². The zero-order valence-electron chi connectivity index (χ0n) is 24.5. The van der Waals surface area contributed by atoms with Crippen LogP contribution in [-0.4, -0.2) is 80.2 Å². The molecule has 7 rings (SSSR count). The number of morpholine rings is 1. The first kappa shape index (κ1) is 28.9. The SMILES string of the molecule is COC1CN(c2cc(Cl)c(C(=O)N3COc4c(cccc4-c4cc(N5C6CCC5COC6)c(C(=O)O)cc4F)C3)cc2C)C1. The van der Waals surface area contributed by atoms with Crippen LogP contribution in [0, 0.1) is 12.7 Å². The highest BCUT2D eigenvalue weighted by molar-refractivity contribution is 6.34. The van der Waals surface area contributed by atoms with Gasteiger partial charge < -0.3 is 34.0 Å². The maximum absolute atomic E-state index is 15.6. The molecule has 11 heteroatoms. The van der Waals surface area contributed by atoms with Crippen molar-refractivity contribution in [2.24, 2.45) is 0 Å². The van der Waals surface area contributed by atoms with Crippen molar-refractivity contribution in [3.8, 4) is 16.9 Å². The minimum atomic E-state index is -1.18. The fraction of sp³-hybridized carbons (Fsp3) is 0.394. The minimum Gasteiger partial charge on any atom is -0.478 e. The molecular weight excluding hydrogens is 589 g/mol. The van der Waals surface area contributed by atoms with E-state index in [2.05, 4.69) is 9.80 Å². The Hall–Kier alpha value is -3.86. The van der Waals surface area contributed by atoms with Gasteiger partial charge in [-0.1, -0.05) is 29.8 Å². The number of halogens is 2. The molecule has 0 radical (unpaired) electrons. The molecule has 1 amide bonds. The van der Waals surface area contributed by atoms with Crippen molar-refractivity contribution in [1.29, 1.82) is 0 Å². The Balaban J connectivity index is 1.17. The largest absolute Gasteiger partial charge is 0.478 e. The zero-order valence-corrected chi connectivity index (χ0v) is 25.3. The van der Waals surface area contributed by atoms with Gasteiger partial charge in [-0.25, -0.2) is 9.18 Å². The number of hydrogen-bond acceptors (Lipinski definition) is 7. The van der Waals surface area contributed by atoms with E-state index in [9.17, 15) is 14.7 Å². The number of carboxylic acid groups (broad SMARTS) is 1. The van der Waals surface area contributed by atoms with Gasteiger partial charge in [0.25, 0.3) is 5.91 Å². The summed E-state index contributed by atoms with van der Waals surface area (Å²) in [4.78, 5) is 31.6. The van der Waals surface area contributed by atoms with Crippen LogP contribution in [0.1, 0.15) is 44.7 Å². The van der Waals surface area contributed by atoms with Crippen molar-refractivity contribution in [2.45, 2.75) is 44.5 Å². The fourth-order valence-electron chi connectivity index (χ4n) is 6.92. The second-order valence-electron chi connectivity index (χ2n) is 11.9. The molecule has 0 aromatic heterocycles. The lowest BCUT2D eigenvalue weighted by molar-refractivity contribution is 0.0515. The van der Waals surface area contributed by atoms with Crippen LogP contribution in [0.2, 0.25) is 5.02 Å². The highest BCUT2D eigenvalue weighted by Crippen LogP contribution is 2.43. The van der Waals surface area contributed by atoms with Crippen molar-refractivity contribution in [3.05, 3.63) is 75.6 Å². The van der Waals surface area contributed by atoms with Gasteiger partial charge in [0.05, 0.1) is 59.8 Å². The Morgan fingerprint density at radius 2 is 1.77 bits per heavy atom. The lowest BCUT2D eigenvalue weighted by Crippen LogP contribution is -2.52. The first-order valence-electron chi connectivity index (χ1n) is 14.8. The molecule has 2 atom stereocenters. The van der Waals surface area contributed by atoms with Gasteiger partial charge in [0.15, 0.2) is 6.73 Å². The Morgan fingerprint density at radius 3 is 2.48 bits per heavy atom. The molecular formula is C33H33ClFN3O6. The smallest absolute Gasteiger partial charge is 0.337 e. The molecule has 1 N–H and O–H groups in total. The highest BCUT2D eigenvalue weighted by atomic mass is 35.5. The fourth-order valence-corrected chi connectivity index (χ4v) is 7.16. The number of rotatable bonds is 6. The summed E-state index contributed by atoms with van der Waals surface area (Å²) in [5, 5.41) is 10.3. The Kier molecular flexibility index (Phi) is 7.39. The Morgan fingerprint density at radius 1 is 1.02 bits per heavy atom. The molecule has 4 heterocycles. The van der Waals surface area contributed by atoms with E-state index in [0.717, 1.165) is 43.2 Å². The van der Waals surface area contributed by atoms with Crippen LogP contribution in [0.25, 0.3) is 11.1 Å². The topological polar surface area (TPSA) is 91.8 Å². The number of benzene rings is 3. The van der Waals surface area contributed by atoms with Crippen molar-refractivity contribution in [2.75, 3.05) is 49.9 Å². The molecule has 3 fully saturated rings. The summed E-state index contributed by atoms with van der Waals surface area (Å²) in [6.45, 7) is 4.72. The third-order valence-corrected chi connectivity index (χ3v) is 9.59. The number of methoxy groups -OCH3 is 1. The van der Waals surface area contributed by atoms with Crippen molar-refractivity contribution < 1.29 is 33.3 Å². The molecule has 0 aliphatic carbocycles. The normalized spacial score (nSPS) is 21.1. The first-order chi connectivity index (χ1) is 21.2. The van der Waals surface area contributed by atoms with Crippen LogP contribution in [0.5, 0.6) is 5.75 Å². The molecule has 3 aromatic rings. The van der Waals surface area contributed by atoms with Crippen LogP contribution >= 0.6 is 11.6 Å². The number of nitrogens with zero attached hydrogens (tertiary/aromatic N) is 3. The molecule has 3 saturated heterocycles. The second-order valence-corrected chi connectivity index (χ2v) is 12.3. The number of hydrogen-bond donors (Lipinski definition) is 1. The predicted molar refractivity (Wildman–Crippen MR) is 163 cm³/mol. The van der Waals surface area contributed by atoms with Gasteiger partial charge in [-0.3, -0.25) is 4.79 Å². The van der Waals surface area contributed by atoms with Crippen LogP contribution in [-0.2, 0) is 16.0 Å². The van der Waals surface area contributed by atoms with Crippen LogP contribution < -0.4 is 14.5 Å². The number of amides is 1. The van der Waals surface area contributed by atoms with Crippen molar-refractivity contribution >= 4 is 34.9 Å². The Bertz CT molecular complexity index is 1640. The summed E-state index contributed by atoms with van der Waals surface area (Å²) in [6, 6.07) is 11.9. The zero-order chi connectivity index (χ0) is 30.7. The number of aromatic carboxylic acids is 1. The van der Waals surface area contributed by atoms with Gasteiger partial charge in [0, 0.05) is 42.6 Å². The van der Waals surface area contributed by atoms with E-state index in [0.29, 0.717) is 46.4 Å². The molecule has 44 heavy (non-hydrogen) atoms. The van der Waals surface area contributed by atoms with Gasteiger partial charge in [0.1, 0.15) is 11.6 Å². The first-order valence-corrected chi connectivity index (χ1v) is 15.2. The molecule has 3 aromatic carbocycles. The molecule has 2 unspecified atom stereocenters. The minimum absolute atomic E-state index is 0.0447. The van der Waals surface area contributed by atoms with Gasteiger partial charge in [-0.05, 0) is 49.6 Å². The van der Waals surface area contributed by atoms with Crippen molar-refractivity contribution in [3.63, 3.8) is 0 Å². The number of aryl methyl sites for hydroxylation is 1. The molecule has 0 saturated carbocycles. The lowest BCUT2D eigenvalue weighted by atomic mass is 9.96. The number of carbonyl (C=O) groups excluding carboxylic acids is 1. The third-order valence-electron chi connectivity index (χ3n) is 9.27. The number of ether oxygens (including phenoxy) is 3. The van der Waals surface area contributed by atoms with E-state index >= 15 is 4.39 Å². The molecule has 0 spiro atoms. The van der Waals surface area contributed by atoms with E-state index in [4.69, 9.17) is 25.8 Å². The van der Waals surface area contributed by atoms with Gasteiger partial charge >= 0.3 is 5.97 Å². The monoisotopic (exact) mass is 621 g/mol. The van der Waals surface area contributed by atoms with E-state index in [1.54, 1.807) is 30.2 Å². The van der Waals surface area contributed by atoms with Crippen molar-refractivity contribution in [1.82, 2.24) is 4.90 Å². The number of carbonyl (C=O) groups is 2. The molecule has 2 bridgehead atoms. The summed E-state index contributed by atoms with van der Waals surface area (Å²) < 4.78 is 32.9. The van der Waals surface area contributed by atoms with Gasteiger partial charge in [-0.15, -0.1) is 0 Å². The third kappa shape index (κ3) is 4.85. The van der Waals surface area contributed by atoms with Gasteiger partial charge in [-0.2, -0.15) is 0 Å². The molecule has 230 valence electrons.